The van der Waals surface area contributed by atoms with Gasteiger partial charge in [0.25, 0.3) is 0 Å². The van der Waals surface area contributed by atoms with Gasteiger partial charge in [-0.25, -0.2) is 17.5 Å². The normalized spacial score (nSPS) is 11.8. The van der Waals surface area contributed by atoms with Crippen molar-refractivity contribution in [1.82, 2.24) is 9.78 Å². The molecule has 0 N–H and O–H groups in total. The Balaban J connectivity index is 2.57. The van der Waals surface area contributed by atoms with Crippen LogP contribution in [0.25, 0.3) is 5.69 Å². The lowest BCUT2D eigenvalue weighted by Crippen LogP contribution is -2.01. The summed E-state index contributed by atoms with van der Waals surface area (Å²) in [5.74, 6) is -0.302. The van der Waals surface area contributed by atoms with Crippen LogP contribution in [-0.2, 0) is 9.84 Å². The van der Waals surface area contributed by atoms with Crippen molar-refractivity contribution in [3.8, 4) is 5.69 Å². The van der Waals surface area contributed by atoms with E-state index in [-0.39, 0.29) is 10.7 Å². The third-order valence-corrected chi connectivity index (χ3v) is 3.85. The molecule has 2 aromatic rings. The highest BCUT2D eigenvalue weighted by molar-refractivity contribution is 7.90. The van der Waals surface area contributed by atoms with E-state index < -0.39 is 9.84 Å². The lowest BCUT2D eigenvalue weighted by molar-refractivity contribution is 0.602. The molecule has 0 unspecified atom stereocenters. The summed E-state index contributed by atoms with van der Waals surface area (Å²) in [4.78, 5) is 0.114. The highest BCUT2D eigenvalue weighted by Gasteiger charge is 2.13. The number of nitrogens with zero attached hydrogens (tertiary/aromatic N) is 2. The van der Waals surface area contributed by atoms with Gasteiger partial charge in [-0.1, -0.05) is 6.07 Å². The van der Waals surface area contributed by atoms with Gasteiger partial charge in [0.15, 0.2) is 9.84 Å². The molecule has 6 heteroatoms. The second-order valence-corrected chi connectivity index (χ2v) is 6.25. The van der Waals surface area contributed by atoms with Crippen molar-refractivity contribution in [2.24, 2.45) is 0 Å². The summed E-state index contributed by atoms with van der Waals surface area (Å²) in [7, 11) is -3.30. The maximum atomic E-state index is 13.8. The third-order valence-electron chi connectivity index (χ3n) is 2.78. The highest BCUT2D eigenvalue weighted by Crippen LogP contribution is 2.20. The molecule has 1 aromatic carbocycles. The van der Waals surface area contributed by atoms with Crippen LogP contribution in [-0.4, -0.2) is 24.5 Å². The summed E-state index contributed by atoms with van der Waals surface area (Å²) in [6, 6.07) is 3.35. The summed E-state index contributed by atoms with van der Waals surface area (Å²) >= 11 is 0. The minimum absolute atomic E-state index is 0.114. The fourth-order valence-corrected chi connectivity index (χ4v) is 2.22. The number of aryl methyl sites for hydroxylation is 1. The summed E-state index contributed by atoms with van der Waals surface area (Å²) in [5, 5.41) is 3.96. The third kappa shape index (κ3) is 2.15. The average Bonchev–Trinajstić information content (AvgIpc) is 2.75. The quantitative estimate of drug-likeness (QED) is 0.837. The molecular formula is C12H13FN2O2S. The van der Waals surface area contributed by atoms with Crippen LogP contribution >= 0.6 is 0 Å². The molecule has 1 heterocycles. The Labute approximate surface area is 105 Å². The highest BCUT2D eigenvalue weighted by atomic mass is 32.2. The van der Waals surface area contributed by atoms with E-state index in [1.807, 2.05) is 0 Å². The standard InChI is InChI=1S/C12H13FN2O2S/c1-8-4-5-11(9(2)12(8)13)15-7-10(6-14-15)18(3,16)17/h4-7H,1-3H3. The number of sulfone groups is 1. The number of halogens is 1. The van der Waals surface area contributed by atoms with E-state index in [9.17, 15) is 12.8 Å². The zero-order chi connectivity index (χ0) is 13.5. The monoisotopic (exact) mass is 268 g/mol. The second-order valence-electron chi connectivity index (χ2n) is 4.23. The molecule has 0 amide bonds. The van der Waals surface area contributed by atoms with Crippen molar-refractivity contribution in [3.63, 3.8) is 0 Å². The lowest BCUT2D eigenvalue weighted by atomic mass is 10.1. The molecule has 0 aliphatic heterocycles. The van der Waals surface area contributed by atoms with Crippen molar-refractivity contribution in [3.05, 3.63) is 41.5 Å². The zero-order valence-electron chi connectivity index (χ0n) is 10.3. The van der Waals surface area contributed by atoms with Gasteiger partial charge in [0.2, 0.25) is 0 Å². The number of hydrogen-bond donors (Lipinski definition) is 0. The number of rotatable bonds is 2. The first-order chi connectivity index (χ1) is 8.30. The molecule has 4 nitrogen and oxygen atoms in total. The van der Waals surface area contributed by atoms with Crippen LogP contribution in [0.15, 0.2) is 29.4 Å². The molecule has 96 valence electrons. The van der Waals surface area contributed by atoms with Gasteiger partial charge in [-0.2, -0.15) is 5.10 Å². The average molecular weight is 268 g/mol. The predicted octanol–water partition coefficient (Wildman–Crippen LogP) is 2.03. The molecule has 0 bridgehead atoms. The van der Waals surface area contributed by atoms with Crippen LogP contribution in [0.2, 0.25) is 0 Å². The van der Waals surface area contributed by atoms with Gasteiger partial charge >= 0.3 is 0 Å². The minimum Gasteiger partial charge on any atom is -0.239 e. The van der Waals surface area contributed by atoms with Crippen LogP contribution in [0.4, 0.5) is 4.39 Å². The Hall–Kier alpha value is -1.69. The fraction of sp³-hybridized carbons (Fsp3) is 0.250. The summed E-state index contributed by atoms with van der Waals surface area (Å²) in [6.07, 6.45) is 3.75. The van der Waals surface area contributed by atoms with E-state index in [1.54, 1.807) is 26.0 Å². The van der Waals surface area contributed by atoms with Gasteiger partial charge in [0, 0.05) is 18.0 Å². The van der Waals surface area contributed by atoms with Gasteiger partial charge < -0.3 is 0 Å². The number of hydrogen-bond acceptors (Lipinski definition) is 3. The molecule has 1 aromatic heterocycles. The van der Waals surface area contributed by atoms with Crippen LogP contribution in [0, 0.1) is 19.7 Å². The van der Waals surface area contributed by atoms with E-state index in [4.69, 9.17) is 0 Å². The van der Waals surface area contributed by atoms with Gasteiger partial charge in [-0.15, -0.1) is 0 Å². The molecule has 0 aliphatic rings. The second kappa shape index (κ2) is 4.20. The summed E-state index contributed by atoms with van der Waals surface area (Å²) in [6.45, 7) is 3.32. The Bertz CT molecular complexity index is 705. The Morgan fingerprint density at radius 1 is 1.28 bits per heavy atom. The van der Waals surface area contributed by atoms with Crippen LogP contribution in [0.3, 0.4) is 0 Å². The topological polar surface area (TPSA) is 52.0 Å². The maximum Gasteiger partial charge on any atom is 0.178 e. The van der Waals surface area contributed by atoms with Gasteiger partial charge in [0.05, 0.1) is 11.9 Å². The minimum atomic E-state index is -3.30. The van der Waals surface area contributed by atoms with Crippen LogP contribution in [0.1, 0.15) is 11.1 Å². The summed E-state index contributed by atoms with van der Waals surface area (Å²) < 4.78 is 37.8. The van der Waals surface area contributed by atoms with Gasteiger partial charge in [0.1, 0.15) is 10.7 Å². The van der Waals surface area contributed by atoms with E-state index in [0.717, 1.165) is 6.26 Å². The molecular weight excluding hydrogens is 255 g/mol. The first-order valence-electron chi connectivity index (χ1n) is 5.31. The smallest absolute Gasteiger partial charge is 0.178 e. The molecule has 0 saturated carbocycles. The van der Waals surface area contributed by atoms with Crippen molar-refractivity contribution in [2.45, 2.75) is 18.7 Å². The van der Waals surface area contributed by atoms with Crippen molar-refractivity contribution < 1.29 is 12.8 Å². The molecule has 0 atom stereocenters. The van der Waals surface area contributed by atoms with E-state index in [2.05, 4.69) is 5.10 Å². The zero-order valence-corrected chi connectivity index (χ0v) is 11.1. The molecule has 0 saturated heterocycles. The predicted molar refractivity (Wildman–Crippen MR) is 66.1 cm³/mol. The molecule has 0 spiro atoms. The van der Waals surface area contributed by atoms with Crippen molar-refractivity contribution in [2.75, 3.05) is 6.26 Å². The lowest BCUT2D eigenvalue weighted by Gasteiger charge is -2.08. The molecule has 0 aliphatic carbocycles. The van der Waals surface area contributed by atoms with Crippen molar-refractivity contribution in [1.29, 1.82) is 0 Å². The Morgan fingerprint density at radius 3 is 2.50 bits per heavy atom. The fourth-order valence-electron chi connectivity index (χ4n) is 1.69. The molecule has 2 rings (SSSR count). The molecule has 0 radical (unpaired) electrons. The summed E-state index contributed by atoms with van der Waals surface area (Å²) in [5.41, 5.74) is 1.53. The first-order valence-corrected chi connectivity index (χ1v) is 7.20. The van der Waals surface area contributed by atoms with E-state index in [1.165, 1.54) is 17.1 Å². The van der Waals surface area contributed by atoms with Crippen LogP contribution in [0.5, 0.6) is 0 Å². The number of aromatic nitrogens is 2. The SMILES string of the molecule is Cc1ccc(-n2cc(S(C)(=O)=O)cn2)c(C)c1F. The maximum absolute atomic E-state index is 13.8. The largest absolute Gasteiger partial charge is 0.239 e. The molecule has 0 fully saturated rings. The van der Waals surface area contributed by atoms with Crippen LogP contribution < -0.4 is 0 Å². The van der Waals surface area contributed by atoms with E-state index >= 15 is 0 Å². The molecule has 18 heavy (non-hydrogen) atoms. The number of benzene rings is 1. The Morgan fingerprint density at radius 2 is 1.94 bits per heavy atom. The van der Waals surface area contributed by atoms with Gasteiger partial charge in [-0.05, 0) is 25.5 Å². The van der Waals surface area contributed by atoms with E-state index in [0.29, 0.717) is 16.8 Å². The first kappa shape index (κ1) is 12.8. The van der Waals surface area contributed by atoms with Gasteiger partial charge in [-0.3, -0.25) is 0 Å². The van der Waals surface area contributed by atoms with Crippen molar-refractivity contribution >= 4 is 9.84 Å². The Kier molecular flexibility index (Phi) is 2.98.